The summed E-state index contributed by atoms with van der Waals surface area (Å²) < 4.78 is 6.30. The second-order valence-corrected chi connectivity index (χ2v) is 7.32. The zero-order chi connectivity index (χ0) is 13.8. The van der Waals surface area contributed by atoms with Gasteiger partial charge in [0, 0.05) is 16.9 Å². The summed E-state index contributed by atoms with van der Waals surface area (Å²) in [5.74, 6) is 3.43. The van der Waals surface area contributed by atoms with Crippen molar-refractivity contribution in [2.75, 3.05) is 11.5 Å². The van der Waals surface area contributed by atoms with Gasteiger partial charge in [0.25, 0.3) is 0 Å². The third-order valence-electron chi connectivity index (χ3n) is 4.58. The Labute approximate surface area is 126 Å². The number of benzene rings is 1. The highest BCUT2D eigenvalue weighted by atomic mass is 32.2. The van der Waals surface area contributed by atoms with Crippen molar-refractivity contribution in [2.45, 2.75) is 56.6 Å². The minimum absolute atomic E-state index is 0.170. The lowest BCUT2D eigenvalue weighted by Gasteiger charge is -2.36. The van der Waals surface area contributed by atoms with Gasteiger partial charge in [0.1, 0.15) is 11.9 Å². The van der Waals surface area contributed by atoms with Gasteiger partial charge in [-0.15, -0.1) is 0 Å². The van der Waals surface area contributed by atoms with Crippen LogP contribution in [0.4, 0.5) is 0 Å². The summed E-state index contributed by atoms with van der Waals surface area (Å²) in [6, 6.07) is 8.45. The Bertz CT molecular complexity index is 436. The second kappa shape index (κ2) is 6.40. The molecule has 0 spiro atoms. The number of nitrogens with two attached hydrogens (primary N) is 1. The summed E-state index contributed by atoms with van der Waals surface area (Å²) in [5.41, 5.74) is 7.76. The first-order valence-electron chi connectivity index (χ1n) is 7.91. The summed E-state index contributed by atoms with van der Waals surface area (Å²) >= 11 is 2.01. The Kier molecular flexibility index (Phi) is 4.57. The summed E-state index contributed by atoms with van der Waals surface area (Å²) in [6.45, 7) is 0. The normalized spacial score (nSPS) is 26.1. The van der Waals surface area contributed by atoms with Crippen molar-refractivity contribution in [1.82, 2.24) is 0 Å². The first-order chi connectivity index (χ1) is 9.78. The van der Waals surface area contributed by atoms with E-state index in [9.17, 15) is 0 Å². The Morgan fingerprint density at radius 2 is 1.90 bits per heavy atom. The maximum Gasteiger partial charge on any atom is 0.124 e. The highest BCUT2D eigenvalue weighted by Gasteiger charge is 2.32. The van der Waals surface area contributed by atoms with Crippen LogP contribution in [-0.4, -0.2) is 17.6 Å². The molecule has 1 saturated heterocycles. The van der Waals surface area contributed by atoms with Gasteiger partial charge in [0.2, 0.25) is 0 Å². The van der Waals surface area contributed by atoms with E-state index in [1.165, 1.54) is 43.4 Å². The van der Waals surface area contributed by atoms with E-state index in [1.807, 2.05) is 11.8 Å². The van der Waals surface area contributed by atoms with Gasteiger partial charge >= 0.3 is 0 Å². The van der Waals surface area contributed by atoms with Gasteiger partial charge in [-0.1, -0.05) is 37.5 Å². The molecule has 0 bridgehead atoms. The van der Waals surface area contributed by atoms with E-state index in [1.54, 1.807) is 0 Å². The standard InChI is InChI=1S/C17H25NOS/c18-17(10-4-1-5-11-17)15-8-2-3-9-16(15)19-14-7-6-12-20-13-14/h2-3,8-9,14H,1,4-7,10-13,18H2. The van der Waals surface area contributed by atoms with E-state index in [0.717, 1.165) is 24.3 Å². The van der Waals surface area contributed by atoms with Crippen LogP contribution in [0.1, 0.15) is 50.5 Å². The highest BCUT2D eigenvalue weighted by molar-refractivity contribution is 7.99. The highest BCUT2D eigenvalue weighted by Crippen LogP contribution is 2.39. The van der Waals surface area contributed by atoms with Crippen LogP contribution >= 0.6 is 11.8 Å². The second-order valence-electron chi connectivity index (χ2n) is 6.17. The number of thioether (sulfide) groups is 1. The smallest absolute Gasteiger partial charge is 0.124 e. The molecular weight excluding hydrogens is 266 g/mol. The van der Waals surface area contributed by atoms with Gasteiger partial charge in [-0.3, -0.25) is 0 Å². The fourth-order valence-corrected chi connectivity index (χ4v) is 4.45. The van der Waals surface area contributed by atoms with Gasteiger partial charge in [-0.2, -0.15) is 11.8 Å². The molecule has 0 radical (unpaired) electrons. The molecule has 3 heteroatoms. The minimum Gasteiger partial charge on any atom is -0.489 e. The molecule has 3 rings (SSSR count). The Hall–Kier alpha value is -0.670. The molecule has 0 aromatic heterocycles. The Morgan fingerprint density at radius 1 is 1.10 bits per heavy atom. The average molecular weight is 291 g/mol. The maximum absolute atomic E-state index is 6.70. The summed E-state index contributed by atoms with van der Waals surface area (Å²) in [7, 11) is 0. The van der Waals surface area contributed by atoms with Gasteiger partial charge in [0.05, 0.1) is 0 Å². The quantitative estimate of drug-likeness (QED) is 0.911. The molecule has 1 aromatic rings. The number of para-hydroxylation sites is 1. The Balaban J connectivity index is 1.80. The number of ether oxygens (including phenoxy) is 1. The van der Waals surface area contributed by atoms with Crippen molar-refractivity contribution >= 4 is 11.8 Å². The van der Waals surface area contributed by atoms with Crippen LogP contribution in [0.5, 0.6) is 5.75 Å². The van der Waals surface area contributed by atoms with Crippen LogP contribution < -0.4 is 10.5 Å². The van der Waals surface area contributed by atoms with Gasteiger partial charge in [-0.05, 0) is 37.5 Å². The third kappa shape index (κ3) is 3.15. The SMILES string of the molecule is NC1(c2ccccc2OC2CCCSC2)CCCCC1. The molecule has 1 saturated carbocycles. The molecule has 1 aromatic carbocycles. The van der Waals surface area contributed by atoms with E-state index in [-0.39, 0.29) is 5.54 Å². The van der Waals surface area contributed by atoms with Crippen molar-refractivity contribution < 1.29 is 4.74 Å². The van der Waals surface area contributed by atoms with Crippen LogP contribution in [-0.2, 0) is 5.54 Å². The first kappa shape index (κ1) is 14.3. The maximum atomic E-state index is 6.70. The van der Waals surface area contributed by atoms with Crippen molar-refractivity contribution in [1.29, 1.82) is 0 Å². The molecule has 2 aliphatic rings. The lowest BCUT2D eigenvalue weighted by Crippen LogP contribution is -2.39. The van der Waals surface area contributed by atoms with E-state index < -0.39 is 0 Å². The molecular formula is C17H25NOS. The summed E-state index contributed by atoms with van der Waals surface area (Å²) in [5, 5.41) is 0. The van der Waals surface area contributed by atoms with Crippen molar-refractivity contribution in [2.24, 2.45) is 5.73 Å². The van der Waals surface area contributed by atoms with Crippen molar-refractivity contribution in [3.63, 3.8) is 0 Å². The summed E-state index contributed by atoms with van der Waals surface area (Å²) in [6.07, 6.45) is 8.79. The van der Waals surface area contributed by atoms with E-state index >= 15 is 0 Å². The van der Waals surface area contributed by atoms with Gasteiger partial charge < -0.3 is 10.5 Å². The zero-order valence-electron chi connectivity index (χ0n) is 12.1. The molecule has 1 unspecified atom stereocenters. The molecule has 2 fully saturated rings. The molecule has 2 N–H and O–H groups in total. The largest absolute Gasteiger partial charge is 0.489 e. The fourth-order valence-electron chi connectivity index (χ4n) is 3.42. The molecule has 1 aliphatic heterocycles. The number of rotatable bonds is 3. The lowest BCUT2D eigenvalue weighted by atomic mass is 9.77. The van der Waals surface area contributed by atoms with E-state index in [4.69, 9.17) is 10.5 Å². The number of hydrogen-bond donors (Lipinski definition) is 1. The molecule has 0 amide bonds. The molecule has 1 heterocycles. The van der Waals surface area contributed by atoms with E-state index in [0.29, 0.717) is 6.10 Å². The van der Waals surface area contributed by atoms with Crippen LogP contribution in [0.2, 0.25) is 0 Å². The summed E-state index contributed by atoms with van der Waals surface area (Å²) in [4.78, 5) is 0. The third-order valence-corrected chi connectivity index (χ3v) is 5.77. The van der Waals surface area contributed by atoms with Crippen LogP contribution in [0, 0.1) is 0 Å². The van der Waals surface area contributed by atoms with Crippen LogP contribution in [0.3, 0.4) is 0 Å². The number of hydrogen-bond acceptors (Lipinski definition) is 3. The molecule has 20 heavy (non-hydrogen) atoms. The van der Waals surface area contributed by atoms with Gasteiger partial charge in [-0.25, -0.2) is 0 Å². The van der Waals surface area contributed by atoms with Crippen LogP contribution in [0.25, 0.3) is 0 Å². The fraction of sp³-hybridized carbons (Fsp3) is 0.647. The molecule has 1 aliphatic carbocycles. The van der Waals surface area contributed by atoms with Crippen molar-refractivity contribution in [3.8, 4) is 5.75 Å². The lowest BCUT2D eigenvalue weighted by molar-refractivity contribution is 0.200. The first-order valence-corrected chi connectivity index (χ1v) is 9.06. The van der Waals surface area contributed by atoms with Crippen LogP contribution in [0.15, 0.2) is 24.3 Å². The predicted octanol–water partition coefficient (Wildman–Crippen LogP) is 4.08. The average Bonchev–Trinajstić information content (AvgIpc) is 2.49. The minimum atomic E-state index is -0.170. The molecule has 1 atom stereocenters. The Morgan fingerprint density at radius 3 is 2.65 bits per heavy atom. The topological polar surface area (TPSA) is 35.2 Å². The molecule has 110 valence electrons. The predicted molar refractivity (Wildman–Crippen MR) is 86.4 cm³/mol. The van der Waals surface area contributed by atoms with E-state index in [2.05, 4.69) is 24.3 Å². The van der Waals surface area contributed by atoms with Gasteiger partial charge in [0.15, 0.2) is 0 Å². The molecule has 2 nitrogen and oxygen atoms in total. The zero-order valence-corrected chi connectivity index (χ0v) is 13.0. The monoisotopic (exact) mass is 291 g/mol. The van der Waals surface area contributed by atoms with Crippen molar-refractivity contribution in [3.05, 3.63) is 29.8 Å².